The van der Waals surface area contributed by atoms with Gasteiger partial charge in [-0.25, -0.2) is 4.98 Å². The maximum Gasteiger partial charge on any atom is 0.149 e. The lowest BCUT2D eigenvalue weighted by Crippen LogP contribution is -2.11. The summed E-state index contributed by atoms with van der Waals surface area (Å²) in [5, 5.41) is 11.3. The Morgan fingerprint density at radius 1 is 0.564 bits per heavy atom. The van der Waals surface area contributed by atoms with E-state index in [4.69, 9.17) is 26.4 Å². The monoisotopic (exact) mass is 729 g/mol. The molecule has 0 atom stereocenters. The fourth-order valence-corrected chi connectivity index (χ4v) is 7.01. The van der Waals surface area contributed by atoms with Crippen LogP contribution in [-0.4, -0.2) is 19.6 Å². The fraction of sp³-hybridized carbons (Fsp3) is 0.176. The van der Waals surface area contributed by atoms with Crippen LogP contribution in [0.3, 0.4) is 0 Å². The minimum absolute atomic E-state index is 0.0271. The standard InChI is InChI=1S/C51H47N3O/c1-33-28-36(34-14-9-8-10-15-34)22-25-45(33)54-46-18-13-17-42(48(46)53-49(54)43-16-11-12-19-47(43)55)38-29-39(31-41(30-38)51(5,6)7)44-32-37(26-27-52-44)35-20-23-40(24-21-35)50(2,3)4/h8-32,55H,1-7H3/i1D3,2D3,3D3,4D3. The quantitative estimate of drug-likeness (QED) is 0.185. The van der Waals surface area contributed by atoms with Gasteiger partial charge in [-0.3, -0.25) is 9.55 Å². The molecule has 6 aromatic carbocycles. The average Bonchev–Trinajstić information content (AvgIpc) is 3.64. The average molecular weight is 730 g/mol. The van der Waals surface area contributed by atoms with E-state index in [1.54, 1.807) is 53.2 Å². The summed E-state index contributed by atoms with van der Waals surface area (Å²) < 4.78 is 101. The molecular weight excluding hydrogens is 671 g/mol. The van der Waals surface area contributed by atoms with E-state index in [1.807, 2.05) is 66.7 Å². The molecule has 0 aliphatic heterocycles. The van der Waals surface area contributed by atoms with Gasteiger partial charge in [0.1, 0.15) is 11.6 Å². The van der Waals surface area contributed by atoms with Gasteiger partial charge >= 0.3 is 0 Å². The lowest BCUT2D eigenvalue weighted by molar-refractivity contribution is 0.477. The number of fused-ring (bicyclic) bond motifs is 1. The molecule has 0 radical (unpaired) electrons. The third-order valence-corrected chi connectivity index (χ3v) is 9.99. The number of aromatic hydroxyl groups is 1. The van der Waals surface area contributed by atoms with Crippen LogP contribution in [0.25, 0.3) is 72.7 Å². The van der Waals surface area contributed by atoms with E-state index in [0.29, 0.717) is 44.9 Å². The van der Waals surface area contributed by atoms with Gasteiger partial charge in [-0.15, -0.1) is 0 Å². The summed E-state index contributed by atoms with van der Waals surface area (Å²) in [4.78, 5) is 9.97. The van der Waals surface area contributed by atoms with E-state index in [0.717, 1.165) is 33.4 Å². The Bertz CT molecular complexity index is 3090. The predicted octanol–water partition coefficient (Wildman–Crippen LogP) is 13.4. The molecule has 0 fully saturated rings. The Morgan fingerprint density at radius 2 is 1.25 bits per heavy atom. The smallest absolute Gasteiger partial charge is 0.149 e. The molecule has 0 saturated carbocycles. The number of para-hydroxylation sites is 2. The van der Waals surface area contributed by atoms with Gasteiger partial charge in [0.05, 0.1) is 28.0 Å². The molecule has 8 aromatic rings. The second kappa shape index (κ2) is 13.9. The van der Waals surface area contributed by atoms with E-state index < -0.39 is 32.8 Å². The highest BCUT2D eigenvalue weighted by Gasteiger charge is 2.23. The Morgan fingerprint density at radius 3 is 2.00 bits per heavy atom. The minimum Gasteiger partial charge on any atom is -0.507 e. The number of benzene rings is 6. The van der Waals surface area contributed by atoms with Crippen molar-refractivity contribution in [2.75, 3.05) is 0 Å². The van der Waals surface area contributed by atoms with Crippen LogP contribution in [0.4, 0.5) is 0 Å². The number of nitrogens with zero attached hydrogens (tertiary/aromatic N) is 3. The molecule has 55 heavy (non-hydrogen) atoms. The van der Waals surface area contributed by atoms with Crippen molar-refractivity contribution >= 4 is 11.0 Å². The zero-order valence-corrected chi connectivity index (χ0v) is 30.7. The number of phenolic OH excluding ortho intramolecular Hbond substituents is 1. The Kier molecular flexibility index (Phi) is 6.10. The van der Waals surface area contributed by atoms with Gasteiger partial charge in [-0.2, -0.15) is 0 Å². The maximum absolute atomic E-state index is 11.3. The van der Waals surface area contributed by atoms with E-state index in [1.165, 1.54) is 24.3 Å². The second-order valence-corrected chi connectivity index (χ2v) is 14.9. The van der Waals surface area contributed by atoms with Gasteiger partial charge in [0.15, 0.2) is 0 Å². The van der Waals surface area contributed by atoms with Crippen molar-refractivity contribution in [1.29, 1.82) is 0 Å². The zero-order valence-electron chi connectivity index (χ0n) is 42.7. The van der Waals surface area contributed by atoms with Crippen molar-refractivity contribution in [2.24, 2.45) is 0 Å². The van der Waals surface area contributed by atoms with E-state index in [2.05, 4.69) is 32.9 Å². The van der Waals surface area contributed by atoms with Crippen LogP contribution in [0.1, 0.15) is 74.5 Å². The number of phenols is 1. The van der Waals surface area contributed by atoms with Gasteiger partial charge in [-0.1, -0.05) is 132 Å². The van der Waals surface area contributed by atoms with E-state index in [-0.39, 0.29) is 22.3 Å². The van der Waals surface area contributed by atoms with Crippen molar-refractivity contribution in [3.8, 4) is 67.5 Å². The molecular formula is C51H47N3O. The minimum atomic E-state index is -3.38. The SMILES string of the molecule is [2H]C([2H])([2H])c1cc(-c2ccccc2)ccc1-n1c(-c2ccccc2O)nc2c(-c3cc(-c4cc(-c5ccc(C(C([2H])([2H])[2H])(C([2H])([2H])[2H])C([2H])([2H])[2H])cc5)ccn4)cc(C(C)(C)C)c3)cccc21. The molecule has 0 unspecified atom stereocenters. The Hall–Kier alpha value is -6.26. The number of hydrogen-bond donors (Lipinski definition) is 1. The van der Waals surface area contributed by atoms with Crippen LogP contribution >= 0.6 is 0 Å². The van der Waals surface area contributed by atoms with Crippen molar-refractivity contribution < 1.29 is 21.6 Å². The first-order valence-electron chi connectivity index (χ1n) is 24.0. The van der Waals surface area contributed by atoms with E-state index >= 15 is 0 Å². The number of hydrogen-bond acceptors (Lipinski definition) is 3. The molecule has 0 saturated heterocycles. The number of aryl methyl sites for hydroxylation is 1. The first-order valence-corrected chi connectivity index (χ1v) is 18.0. The van der Waals surface area contributed by atoms with Gasteiger partial charge in [0.25, 0.3) is 0 Å². The van der Waals surface area contributed by atoms with Crippen molar-refractivity contribution in [1.82, 2.24) is 14.5 Å². The molecule has 0 aliphatic rings. The number of pyridine rings is 1. The largest absolute Gasteiger partial charge is 0.507 e. The highest BCUT2D eigenvalue weighted by atomic mass is 16.3. The fourth-order valence-electron chi connectivity index (χ4n) is 7.01. The second-order valence-electron chi connectivity index (χ2n) is 14.9. The third kappa shape index (κ3) is 6.97. The van der Waals surface area contributed by atoms with Crippen LogP contribution < -0.4 is 0 Å². The normalized spacial score (nSPS) is 16.1. The van der Waals surface area contributed by atoms with Crippen LogP contribution in [0.5, 0.6) is 5.75 Å². The van der Waals surface area contributed by atoms with Crippen molar-refractivity contribution in [2.45, 2.75) is 59.0 Å². The summed E-state index contributed by atoms with van der Waals surface area (Å²) in [7, 11) is 0. The number of aromatic nitrogens is 3. The van der Waals surface area contributed by atoms with Gasteiger partial charge in [0, 0.05) is 33.8 Å². The van der Waals surface area contributed by atoms with Gasteiger partial charge in [0.2, 0.25) is 0 Å². The van der Waals surface area contributed by atoms with E-state index in [9.17, 15) is 5.11 Å². The van der Waals surface area contributed by atoms with Gasteiger partial charge < -0.3 is 5.11 Å². The molecule has 1 N–H and O–H groups in total. The summed E-state index contributed by atoms with van der Waals surface area (Å²) in [6.07, 6.45) is 1.63. The molecule has 272 valence electrons. The molecule has 4 nitrogen and oxygen atoms in total. The Labute approximate surface area is 341 Å². The molecule has 2 aromatic heterocycles. The predicted molar refractivity (Wildman–Crippen MR) is 230 cm³/mol. The van der Waals surface area contributed by atoms with Crippen LogP contribution in [-0.2, 0) is 10.8 Å². The summed E-state index contributed by atoms with van der Waals surface area (Å²) in [6.45, 7) is -6.38. The molecule has 0 amide bonds. The maximum atomic E-state index is 11.3. The summed E-state index contributed by atoms with van der Waals surface area (Å²) in [5.41, 5.74) is 4.98. The number of rotatable bonds is 6. The van der Waals surface area contributed by atoms with Crippen molar-refractivity contribution in [3.63, 3.8) is 0 Å². The summed E-state index contributed by atoms with van der Waals surface area (Å²) in [6, 6.07) is 42.8. The summed E-state index contributed by atoms with van der Waals surface area (Å²) >= 11 is 0. The van der Waals surface area contributed by atoms with Gasteiger partial charge in [-0.05, 0) is 117 Å². The molecule has 4 heteroatoms. The first-order chi connectivity index (χ1) is 31.3. The highest BCUT2D eigenvalue weighted by molar-refractivity contribution is 5.97. The highest BCUT2D eigenvalue weighted by Crippen LogP contribution is 2.41. The number of imidazole rings is 1. The molecule has 0 spiro atoms. The van der Waals surface area contributed by atoms with Crippen molar-refractivity contribution in [3.05, 3.63) is 168 Å². The summed E-state index contributed by atoms with van der Waals surface area (Å²) in [5.74, 6) is 0.320. The lowest BCUT2D eigenvalue weighted by Gasteiger charge is -2.22. The zero-order chi connectivity index (χ0) is 48.5. The molecule has 0 aliphatic carbocycles. The van der Waals surface area contributed by atoms with Crippen LogP contribution in [0.2, 0.25) is 0 Å². The van der Waals surface area contributed by atoms with Crippen LogP contribution in [0, 0.1) is 6.85 Å². The molecule has 0 bridgehead atoms. The Balaban J connectivity index is 1.30. The molecule has 2 heterocycles. The first kappa shape index (κ1) is 24.2. The lowest BCUT2D eigenvalue weighted by atomic mass is 9.83. The topological polar surface area (TPSA) is 50.9 Å². The third-order valence-electron chi connectivity index (χ3n) is 9.99. The molecule has 8 rings (SSSR count). The van der Waals surface area contributed by atoms with Crippen LogP contribution in [0.15, 0.2) is 152 Å².